The molecule has 0 N–H and O–H groups in total. The summed E-state index contributed by atoms with van der Waals surface area (Å²) in [5.41, 5.74) is 2.67. The topological polar surface area (TPSA) is 38.8 Å². The van der Waals surface area contributed by atoms with Crippen LogP contribution in [0.5, 0.6) is 11.5 Å². The van der Waals surface area contributed by atoms with E-state index in [0.717, 1.165) is 11.1 Å². The lowest BCUT2D eigenvalue weighted by Gasteiger charge is -2.17. The van der Waals surface area contributed by atoms with Crippen LogP contribution in [0.3, 0.4) is 0 Å². The Bertz CT molecular complexity index is 723. The van der Waals surface area contributed by atoms with E-state index < -0.39 is 0 Å². The molecule has 24 heavy (non-hydrogen) atoms. The first-order valence-electron chi connectivity index (χ1n) is 7.75. The van der Waals surface area contributed by atoms with Crippen molar-refractivity contribution in [2.24, 2.45) is 0 Å². The van der Waals surface area contributed by atoms with Crippen molar-refractivity contribution in [3.8, 4) is 11.5 Å². The van der Waals surface area contributed by atoms with Gasteiger partial charge in [-0.05, 0) is 36.3 Å². The number of carbonyl (C=O) groups excluding carboxylic acids is 1. The van der Waals surface area contributed by atoms with Gasteiger partial charge in [0.15, 0.2) is 11.5 Å². The summed E-state index contributed by atoms with van der Waals surface area (Å²) in [6.07, 6.45) is 1.85. The summed E-state index contributed by atoms with van der Waals surface area (Å²) >= 11 is 0. The van der Waals surface area contributed by atoms with Crippen LogP contribution in [0.25, 0.3) is 6.08 Å². The lowest BCUT2D eigenvalue weighted by Crippen LogP contribution is -2.26. The van der Waals surface area contributed by atoms with Gasteiger partial charge in [-0.3, -0.25) is 4.79 Å². The highest BCUT2D eigenvalue weighted by atomic mass is 16.5. The SMILES string of the molecule is COc1ccc(/C=C(\C)C(=O)N(C)Cc2ccccc2)cc1OC. The third kappa shape index (κ3) is 4.38. The molecule has 0 saturated carbocycles. The van der Waals surface area contributed by atoms with Crippen LogP contribution in [0, 0.1) is 0 Å². The van der Waals surface area contributed by atoms with Gasteiger partial charge >= 0.3 is 0 Å². The van der Waals surface area contributed by atoms with Crippen LogP contribution in [-0.2, 0) is 11.3 Å². The first-order chi connectivity index (χ1) is 11.5. The van der Waals surface area contributed by atoms with Gasteiger partial charge in [-0.25, -0.2) is 0 Å². The summed E-state index contributed by atoms with van der Waals surface area (Å²) in [7, 11) is 5.00. The summed E-state index contributed by atoms with van der Waals surface area (Å²) in [6, 6.07) is 15.5. The standard InChI is InChI=1S/C20H23NO3/c1-15(12-17-10-11-18(23-3)19(13-17)24-4)20(22)21(2)14-16-8-6-5-7-9-16/h5-13H,14H2,1-4H3/b15-12+. The lowest BCUT2D eigenvalue weighted by molar-refractivity contribution is -0.126. The lowest BCUT2D eigenvalue weighted by atomic mass is 10.1. The number of methoxy groups -OCH3 is 2. The molecule has 0 bridgehead atoms. The molecule has 2 rings (SSSR count). The Morgan fingerprint density at radius 2 is 1.71 bits per heavy atom. The molecule has 0 fully saturated rings. The maximum atomic E-state index is 12.5. The van der Waals surface area contributed by atoms with Crippen LogP contribution in [-0.4, -0.2) is 32.1 Å². The van der Waals surface area contributed by atoms with Crippen molar-refractivity contribution in [3.63, 3.8) is 0 Å². The molecule has 4 heteroatoms. The highest BCUT2D eigenvalue weighted by Gasteiger charge is 2.12. The molecule has 0 atom stereocenters. The number of carbonyl (C=O) groups is 1. The molecule has 1 amide bonds. The minimum Gasteiger partial charge on any atom is -0.493 e. The molecule has 0 aromatic heterocycles. The van der Waals surface area contributed by atoms with Crippen molar-refractivity contribution in [1.82, 2.24) is 4.90 Å². The van der Waals surface area contributed by atoms with Crippen molar-refractivity contribution in [2.75, 3.05) is 21.3 Å². The van der Waals surface area contributed by atoms with E-state index in [2.05, 4.69) is 0 Å². The molecule has 0 aliphatic carbocycles. The monoisotopic (exact) mass is 325 g/mol. The minimum absolute atomic E-state index is 0.00589. The maximum Gasteiger partial charge on any atom is 0.249 e. The van der Waals surface area contributed by atoms with Gasteiger partial charge < -0.3 is 14.4 Å². The van der Waals surface area contributed by atoms with E-state index in [1.54, 1.807) is 26.2 Å². The van der Waals surface area contributed by atoms with E-state index in [1.165, 1.54) is 0 Å². The van der Waals surface area contributed by atoms with Crippen LogP contribution < -0.4 is 9.47 Å². The van der Waals surface area contributed by atoms with Crippen molar-refractivity contribution >= 4 is 12.0 Å². The second-order valence-electron chi connectivity index (χ2n) is 5.59. The third-order valence-electron chi connectivity index (χ3n) is 3.74. The Hall–Kier alpha value is -2.75. The van der Waals surface area contributed by atoms with E-state index >= 15 is 0 Å². The number of benzene rings is 2. The molecular formula is C20H23NO3. The number of nitrogens with zero attached hydrogens (tertiary/aromatic N) is 1. The van der Waals surface area contributed by atoms with Gasteiger partial charge in [-0.2, -0.15) is 0 Å². The largest absolute Gasteiger partial charge is 0.493 e. The van der Waals surface area contributed by atoms with Crippen LogP contribution in [0.4, 0.5) is 0 Å². The Balaban J connectivity index is 2.13. The van der Waals surface area contributed by atoms with E-state index in [0.29, 0.717) is 23.6 Å². The maximum absolute atomic E-state index is 12.5. The predicted molar refractivity (Wildman–Crippen MR) is 96.1 cm³/mol. The zero-order valence-electron chi connectivity index (χ0n) is 14.6. The molecule has 0 unspecified atom stereocenters. The molecule has 0 spiro atoms. The number of hydrogen-bond acceptors (Lipinski definition) is 3. The Morgan fingerprint density at radius 1 is 1.04 bits per heavy atom. The normalized spacial score (nSPS) is 11.1. The molecular weight excluding hydrogens is 302 g/mol. The van der Waals surface area contributed by atoms with E-state index in [4.69, 9.17) is 9.47 Å². The fraction of sp³-hybridized carbons (Fsp3) is 0.250. The summed E-state index contributed by atoms with van der Waals surface area (Å²) in [6.45, 7) is 2.40. The van der Waals surface area contributed by atoms with Crippen LogP contribution in [0.1, 0.15) is 18.1 Å². The number of ether oxygens (including phenoxy) is 2. The Labute approximate surface area is 143 Å². The predicted octanol–water partition coefficient (Wildman–Crippen LogP) is 3.77. The van der Waals surface area contributed by atoms with Gasteiger partial charge in [0, 0.05) is 19.2 Å². The number of hydrogen-bond donors (Lipinski definition) is 0. The quantitative estimate of drug-likeness (QED) is 0.759. The smallest absolute Gasteiger partial charge is 0.249 e. The zero-order chi connectivity index (χ0) is 17.5. The summed E-state index contributed by atoms with van der Waals surface area (Å²) in [4.78, 5) is 14.2. The second kappa shape index (κ2) is 8.20. The summed E-state index contributed by atoms with van der Waals surface area (Å²) in [5, 5.41) is 0. The van der Waals surface area contributed by atoms with Gasteiger partial charge in [-0.15, -0.1) is 0 Å². The van der Waals surface area contributed by atoms with Crippen molar-refractivity contribution in [3.05, 3.63) is 65.2 Å². The number of amides is 1. The van der Waals surface area contributed by atoms with Gasteiger partial charge in [0.2, 0.25) is 5.91 Å². The highest BCUT2D eigenvalue weighted by Crippen LogP contribution is 2.28. The highest BCUT2D eigenvalue weighted by molar-refractivity contribution is 5.97. The van der Waals surface area contributed by atoms with E-state index in [9.17, 15) is 4.79 Å². The van der Waals surface area contributed by atoms with Crippen LogP contribution in [0.2, 0.25) is 0 Å². The molecule has 0 saturated heterocycles. The van der Waals surface area contributed by atoms with Gasteiger partial charge in [0.05, 0.1) is 14.2 Å². The molecule has 4 nitrogen and oxygen atoms in total. The molecule has 0 heterocycles. The van der Waals surface area contributed by atoms with Crippen molar-refractivity contribution in [2.45, 2.75) is 13.5 Å². The second-order valence-corrected chi connectivity index (χ2v) is 5.59. The molecule has 0 aliphatic rings. The fourth-order valence-electron chi connectivity index (χ4n) is 2.48. The molecule has 0 radical (unpaired) electrons. The minimum atomic E-state index is -0.00589. The Kier molecular flexibility index (Phi) is 6.01. The summed E-state index contributed by atoms with van der Waals surface area (Å²) in [5.74, 6) is 1.30. The third-order valence-corrected chi connectivity index (χ3v) is 3.74. The van der Waals surface area contributed by atoms with E-state index in [1.807, 2.05) is 61.5 Å². The summed E-state index contributed by atoms with van der Waals surface area (Å²) < 4.78 is 10.5. The first-order valence-corrected chi connectivity index (χ1v) is 7.75. The van der Waals surface area contributed by atoms with Crippen LogP contribution >= 0.6 is 0 Å². The average molecular weight is 325 g/mol. The van der Waals surface area contributed by atoms with Crippen molar-refractivity contribution < 1.29 is 14.3 Å². The first kappa shape index (κ1) is 17.6. The molecule has 2 aromatic carbocycles. The number of rotatable bonds is 6. The molecule has 2 aromatic rings. The average Bonchev–Trinajstić information content (AvgIpc) is 2.61. The van der Waals surface area contributed by atoms with Gasteiger partial charge in [0.1, 0.15) is 0 Å². The molecule has 0 aliphatic heterocycles. The fourth-order valence-corrected chi connectivity index (χ4v) is 2.48. The van der Waals surface area contributed by atoms with Crippen LogP contribution in [0.15, 0.2) is 54.1 Å². The van der Waals surface area contributed by atoms with Crippen molar-refractivity contribution in [1.29, 1.82) is 0 Å². The Morgan fingerprint density at radius 3 is 2.33 bits per heavy atom. The number of likely N-dealkylation sites (N-methyl/N-ethyl adjacent to an activating group) is 1. The van der Waals surface area contributed by atoms with Gasteiger partial charge in [0.25, 0.3) is 0 Å². The zero-order valence-corrected chi connectivity index (χ0v) is 14.6. The molecule has 126 valence electrons. The van der Waals surface area contributed by atoms with Gasteiger partial charge in [-0.1, -0.05) is 36.4 Å². The van der Waals surface area contributed by atoms with E-state index in [-0.39, 0.29) is 5.91 Å².